The molecule has 0 aliphatic rings. The van der Waals surface area contributed by atoms with E-state index in [-0.39, 0.29) is 18.7 Å². The predicted octanol–water partition coefficient (Wildman–Crippen LogP) is 1.87. The first-order valence-corrected chi connectivity index (χ1v) is 6.30. The van der Waals surface area contributed by atoms with Crippen LogP contribution in [0, 0.1) is 6.92 Å². The van der Waals surface area contributed by atoms with Gasteiger partial charge in [-0.25, -0.2) is 4.98 Å². The third-order valence-corrected chi connectivity index (χ3v) is 2.36. The smallest absolute Gasteiger partial charge is 0.323 e. The Hall–Kier alpha value is -1.85. The third-order valence-electron chi connectivity index (χ3n) is 2.36. The second-order valence-electron chi connectivity index (χ2n) is 4.93. The summed E-state index contributed by atoms with van der Waals surface area (Å²) in [5, 5.41) is 8.95. The van der Waals surface area contributed by atoms with Crippen molar-refractivity contribution in [2.75, 3.05) is 11.4 Å². The van der Waals surface area contributed by atoms with Crippen molar-refractivity contribution in [1.82, 2.24) is 9.97 Å². The van der Waals surface area contributed by atoms with E-state index in [1.54, 1.807) is 11.0 Å². The molecule has 0 bridgehead atoms. The Morgan fingerprint density at radius 3 is 2.47 bits per heavy atom. The van der Waals surface area contributed by atoms with Crippen molar-refractivity contribution in [3.8, 4) is 5.88 Å². The van der Waals surface area contributed by atoms with Crippen LogP contribution in [0.3, 0.4) is 0 Å². The molecule has 6 nitrogen and oxygen atoms in total. The molecule has 106 valence electrons. The van der Waals surface area contributed by atoms with Crippen LogP contribution >= 0.6 is 0 Å². The molecule has 0 aliphatic carbocycles. The SMILES string of the molecule is Cc1cc(OC(C)C)nc(N(CC(=O)O)C(C)C)n1. The van der Waals surface area contributed by atoms with Crippen LogP contribution in [0.15, 0.2) is 6.07 Å². The fourth-order valence-electron chi connectivity index (χ4n) is 1.58. The molecule has 0 amide bonds. The van der Waals surface area contributed by atoms with Crippen molar-refractivity contribution in [3.05, 3.63) is 11.8 Å². The predicted molar refractivity (Wildman–Crippen MR) is 72.7 cm³/mol. The molecule has 0 fully saturated rings. The molecule has 0 atom stereocenters. The molecule has 0 saturated carbocycles. The first-order valence-electron chi connectivity index (χ1n) is 6.30. The second kappa shape index (κ2) is 6.36. The molecule has 1 rings (SSSR count). The molecule has 0 spiro atoms. The Kier molecular flexibility index (Phi) is 5.09. The maximum Gasteiger partial charge on any atom is 0.323 e. The van der Waals surface area contributed by atoms with E-state index >= 15 is 0 Å². The monoisotopic (exact) mass is 267 g/mol. The normalized spacial score (nSPS) is 10.9. The third kappa shape index (κ3) is 4.73. The summed E-state index contributed by atoms with van der Waals surface area (Å²) in [4.78, 5) is 21.1. The Balaban J connectivity index is 3.08. The van der Waals surface area contributed by atoms with E-state index in [1.807, 2.05) is 34.6 Å². The zero-order valence-electron chi connectivity index (χ0n) is 12.0. The van der Waals surface area contributed by atoms with E-state index in [2.05, 4.69) is 9.97 Å². The van der Waals surface area contributed by atoms with E-state index in [0.717, 1.165) is 5.69 Å². The molecule has 0 aromatic carbocycles. The van der Waals surface area contributed by atoms with Crippen LogP contribution in [0.4, 0.5) is 5.95 Å². The number of carbonyl (C=O) groups is 1. The van der Waals surface area contributed by atoms with Crippen LogP contribution < -0.4 is 9.64 Å². The average Bonchev–Trinajstić information content (AvgIpc) is 2.23. The summed E-state index contributed by atoms with van der Waals surface area (Å²) in [5.74, 6) is -0.0632. The van der Waals surface area contributed by atoms with Crippen molar-refractivity contribution in [2.45, 2.75) is 46.8 Å². The van der Waals surface area contributed by atoms with Gasteiger partial charge in [0.15, 0.2) is 0 Å². The number of aryl methyl sites for hydroxylation is 1. The molecule has 0 radical (unpaired) electrons. The Bertz CT molecular complexity index is 447. The van der Waals surface area contributed by atoms with Crippen molar-refractivity contribution >= 4 is 11.9 Å². The number of hydrogen-bond donors (Lipinski definition) is 1. The lowest BCUT2D eigenvalue weighted by Crippen LogP contribution is -2.37. The first-order chi connectivity index (χ1) is 8.79. The lowest BCUT2D eigenvalue weighted by atomic mass is 10.3. The highest BCUT2D eigenvalue weighted by Gasteiger charge is 2.18. The fourth-order valence-corrected chi connectivity index (χ4v) is 1.58. The van der Waals surface area contributed by atoms with E-state index in [4.69, 9.17) is 9.84 Å². The van der Waals surface area contributed by atoms with Gasteiger partial charge in [-0.15, -0.1) is 0 Å². The van der Waals surface area contributed by atoms with Gasteiger partial charge in [-0.05, 0) is 34.6 Å². The highest BCUT2D eigenvalue weighted by atomic mass is 16.5. The minimum Gasteiger partial charge on any atom is -0.480 e. The quantitative estimate of drug-likeness (QED) is 0.848. The van der Waals surface area contributed by atoms with Crippen LogP contribution in [0.1, 0.15) is 33.4 Å². The number of carboxylic acids is 1. The summed E-state index contributed by atoms with van der Waals surface area (Å²) in [7, 11) is 0. The molecule has 1 heterocycles. The maximum atomic E-state index is 10.9. The number of aliphatic carboxylic acids is 1. The molecule has 0 saturated heterocycles. The van der Waals surface area contributed by atoms with Crippen molar-refractivity contribution in [3.63, 3.8) is 0 Å². The van der Waals surface area contributed by atoms with Crippen LogP contribution in [0.2, 0.25) is 0 Å². The van der Waals surface area contributed by atoms with E-state index in [0.29, 0.717) is 11.8 Å². The summed E-state index contributed by atoms with van der Waals surface area (Å²) < 4.78 is 5.55. The molecular weight excluding hydrogens is 246 g/mol. The standard InChI is InChI=1S/C13H21N3O3/c1-8(2)16(7-12(17)18)13-14-10(5)6-11(15-13)19-9(3)4/h6,8-9H,7H2,1-5H3,(H,17,18). The lowest BCUT2D eigenvalue weighted by Gasteiger charge is -2.25. The number of hydrogen-bond acceptors (Lipinski definition) is 5. The van der Waals surface area contributed by atoms with Gasteiger partial charge in [-0.2, -0.15) is 4.98 Å². The van der Waals surface area contributed by atoms with Gasteiger partial charge < -0.3 is 14.7 Å². The zero-order chi connectivity index (χ0) is 14.6. The number of anilines is 1. The molecule has 19 heavy (non-hydrogen) atoms. The van der Waals surface area contributed by atoms with E-state index in [9.17, 15) is 4.79 Å². The van der Waals surface area contributed by atoms with Crippen LogP contribution in [-0.4, -0.2) is 39.7 Å². The van der Waals surface area contributed by atoms with Gasteiger partial charge in [0.2, 0.25) is 11.8 Å². The van der Waals surface area contributed by atoms with Gasteiger partial charge in [-0.1, -0.05) is 0 Å². The molecule has 1 aromatic rings. The lowest BCUT2D eigenvalue weighted by molar-refractivity contribution is -0.135. The van der Waals surface area contributed by atoms with Crippen molar-refractivity contribution in [2.24, 2.45) is 0 Å². The number of rotatable bonds is 6. The Labute approximate surface area is 113 Å². The van der Waals surface area contributed by atoms with Gasteiger partial charge in [0, 0.05) is 17.8 Å². The molecular formula is C13H21N3O3. The number of nitrogens with zero attached hydrogens (tertiary/aromatic N) is 3. The molecule has 0 aliphatic heterocycles. The Morgan fingerprint density at radius 1 is 1.37 bits per heavy atom. The zero-order valence-corrected chi connectivity index (χ0v) is 12.0. The fraction of sp³-hybridized carbons (Fsp3) is 0.615. The number of carboxylic acid groups (broad SMARTS) is 1. The van der Waals surface area contributed by atoms with E-state index in [1.165, 1.54) is 0 Å². The van der Waals surface area contributed by atoms with E-state index < -0.39 is 5.97 Å². The second-order valence-corrected chi connectivity index (χ2v) is 4.93. The van der Waals surface area contributed by atoms with Gasteiger partial charge >= 0.3 is 5.97 Å². The number of aromatic nitrogens is 2. The first kappa shape index (κ1) is 15.2. The van der Waals surface area contributed by atoms with Crippen LogP contribution in [0.5, 0.6) is 5.88 Å². The molecule has 1 N–H and O–H groups in total. The van der Waals surface area contributed by atoms with Crippen LogP contribution in [0.25, 0.3) is 0 Å². The molecule has 0 unspecified atom stereocenters. The summed E-state index contributed by atoms with van der Waals surface area (Å²) >= 11 is 0. The molecule has 6 heteroatoms. The average molecular weight is 267 g/mol. The van der Waals surface area contributed by atoms with Gasteiger partial charge in [0.25, 0.3) is 0 Å². The highest BCUT2D eigenvalue weighted by molar-refractivity contribution is 5.72. The minimum atomic E-state index is -0.912. The van der Waals surface area contributed by atoms with Crippen molar-refractivity contribution < 1.29 is 14.6 Å². The Morgan fingerprint density at radius 2 is 2.00 bits per heavy atom. The largest absolute Gasteiger partial charge is 0.480 e. The summed E-state index contributed by atoms with van der Waals surface area (Å²) in [6, 6.07) is 1.73. The van der Waals surface area contributed by atoms with Gasteiger partial charge in [0.1, 0.15) is 6.54 Å². The highest BCUT2D eigenvalue weighted by Crippen LogP contribution is 2.18. The maximum absolute atomic E-state index is 10.9. The van der Waals surface area contributed by atoms with Gasteiger partial charge in [0.05, 0.1) is 6.10 Å². The summed E-state index contributed by atoms with van der Waals surface area (Å²) in [6.07, 6.45) is 0.00845. The molecule has 1 aromatic heterocycles. The summed E-state index contributed by atoms with van der Waals surface area (Å²) in [5.41, 5.74) is 0.747. The van der Waals surface area contributed by atoms with Crippen molar-refractivity contribution in [1.29, 1.82) is 0 Å². The van der Waals surface area contributed by atoms with Crippen LogP contribution in [-0.2, 0) is 4.79 Å². The minimum absolute atomic E-state index is 0.00845. The summed E-state index contributed by atoms with van der Waals surface area (Å²) in [6.45, 7) is 9.32. The number of ether oxygens (including phenoxy) is 1. The van der Waals surface area contributed by atoms with Gasteiger partial charge in [-0.3, -0.25) is 4.79 Å². The topological polar surface area (TPSA) is 75.5 Å².